The van der Waals surface area contributed by atoms with Crippen LogP contribution >= 0.6 is 0 Å². The molecule has 0 aromatic heterocycles. The highest BCUT2D eigenvalue weighted by Crippen LogP contribution is 2.38. The topological polar surface area (TPSA) is 107 Å². The van der Waals surface area contributed by atoms with Crippen LogP contribution in [0.2, 0.25) is 0 Å². The fourth-order valence-electron chi connectivity index (χ4n) is 4.16. The van der Waals surface area contributed by atoms with E-state index in [1.807, 2.05) is 0 Å². The molecule has 2 amide bonds. The van der Waals surface area contributed by atoms with Crippen LogP contribution in [-0.4, -0.2) is 33.8 Å². The molecular formula is C16H22N2O6. The van der Waals surface area contributed by atoms with Crippen molar-refractivity contribution in [1.29, 1.82) is 0 Å². The van der Waals surface area contributed by atoms with E-state index in [2.05, 4.69) is 0 Å². The maximum absolute atomic E-state index is 12.2. The largest absolute Gasteiger partial charge is 0.333 e. The summed E-state index contributed by atoms with van der Waals surface area (Å²) in [5.41, 5.74) is 0. The van der Waals surface area contributed by atoms with Gasteiger partial charge in [0.05, 0.1) is 18.3 Å². The fourth-order valence-corrected chi connectivity index (χ4v) is 4.16. The summed E-state index contributed by atoms with van der Waals surface area (Å²) in [5, 5.41) is 11.4. The predicted molar refractivity (Wildman–Crippen MR) is 80.8 cm³/mol. The molecule has 3 rings (SSSR count). The van der Waals surface area contributed by atoms with E-state index >= 15 is 0 Å². The minimum absolute atomic E-state index is 0.0174. The highest BCUT2D eigenvalue weighted by molar-refractivity contribution is 6.04. The molecule has 2 atom stereocenters. The normalized spacial score (nSPS) is 33.2. The summed E-state index contributed by atoms with van der Waals surface area (Å²) in [4.78, 5) is 52.1. The molecule has 24 heavy (non-hydrogen) atoms. The van der Waals surface area contributed by atoms with Gasteiger partial charge in [-0.2, -0.15) is 0 Å². The molecule has 1 aliphatic heterocycles. The molecule has 2 unspecified atom stereocenters. The number of carbonyl (C=O) groups excluding carboxylic acids is 3. The number of nitrogens with zero attached hydrogens (tertiary/aromatic N) is 2. The molecule has 0 aromatic carbocycles. The second kappa shape index (κ2) is 6.86. The maximum Gasteiger partial charge on any atom is 0.333 e. The van der Waals surface area contributed by atoms with Gasteiger partial charge in [0.25, 0.3) is 11.8 Å². The van der Waals surface area contributed by atoms with Crippen molar-refractivity contribution in [1.82, 2.24) is 5.06 Å². The molecule has 8 nitrogen and oxygen atoms in total. The van der Waals surface area contributed by atoms with Crippen molar-refractivity contribution in [2.45, 2.75) is 63.8 Å². The molecule has 0 aromatic rings. The minimum Gasteiger partial charge on any atom is -0.330 e. The van der Waals surface area contributed by atoms with Crippen molar-refractivity contribution < 1.29 is 24.1 Å². The number of fused-ring (bicyclic) bond motifs is 1. The number of amides is 2. The lowest BCUT2D eigenvalue weighted by molar-refractivity contribution is -0.527. The lowest BCUT2D eigenvalue weighted by Gasteiger charge is -2.23. The molecule has 0 spiro atoms. The molecule has 1 heterocycles. The van der Waals surface area contributed by atoms with Crippen LogP contribution < -0.4 is 0 Å². The highest BCUT2D eigenvalue weighted by atomic mass is 16.7. The van der Waals surface area contributed by atoms with Crippen LogP contribution in [0.1, 0.15) is 57.8 Å². The summed E-state index contributed by atoms with van der Waals surface area (Å²) in [6, 6.07) is -0.526. The van der Waals surface area contributed by atoms with Crippen molar-refractivity contribution in [3.8, 4) is 0 Å². The fraction of sp³-hybridized carbons (Fsp3) is 0.812. The summed E-state index contributed by atoms with van der Waals surface area (Å²) < 4.78 is 0. The van der Waals surface area contributed by atoms with Gasteiger partial charge in [-0.15, -0.1) is 5.06 Å². The smallest absolute Gasteiger partial charge is 0.330 e. The van der Waals surface area contributed by atoms with E-state index in [0.29, 0.717) is 43.6 Å². The number of rotatable bonds is 4. The molecule has 1 saturated heterocycles. The summed E-state index contributed by atoms with van der Waals surface area (Å²) in [6.45, 7) is 0. The third kappa shape index (κ3) is 3.27. The second-order valence-electron chi connectivity index (χ2n) is 7.10. The van der Waals surface area contributed by atoms with E-state index in [9.17, 15) is 24.5 Å². The van der Waals surface area contributed by atoms with Gasteiger partial charge < -0.3 is 4.84 Å². The Bertz CT molecular complexity index is 531. The lowest BCUT2D eigenvalue weighted by Crippen LogP contribution is -2.35. The van der Waals surface area contributed by atoms with Gasteiger partial charge in [-0.1, -0.05) is 12.8 Å². The van der Waals surface area contributed by atoms with E-state index in [1.165, 1.54) is 0 Å². The van der Waals surface area contributed by atoms with Crippen LogP contribution in [0.4, 0.5) is 0 Å². The number of hydroxylamine groups is 2. The zero-order chi connectivity index (χ0) is 17.3. The van der Waals surface area contributed by atoms with Crippen LogP contribution in [0.15, 0.2) is 0 Å². The monoisotopic (exact) mass is 338 g/mol. The Labute approximate surface area is 139 Å². The van der Waals surface area contributed by atoms with E-state index < -0.39 is 23.8 Å². The average Bonchev–Trinajstić information content (AvgIpc) is 2.81. The molecule has 2 aliphatic carbocycles. The summed E-state index contributed by atoms with van der Waals surface area (Å²) in [5.74, 6) is -2.04. The van der Waals surface area contributed by atoms with Gasteiger partial charge in [-0.05, 0) is 31.6 Å². The average molecular weight is 338 g/mol. The van der Waals surface area contributed by atoms with Crippen LogP contribution in [-0.2, 0) is 19.2 Å². The summed E-state index contributed by atoms with van der Waals surface area (Å²) >= 11 is 0. The summed E-state index contributed by atoms with van der Waals surface area (Å²) in [6.07, 6.45) is 5.37. The first kappa shape index (κ1) is 16.9. The second-order valence-corrected chi connectivity index (χ2v) is 7.10. The van der Waals surface area contributed by atoms with Crippen molar-refractivity contribution in [3.05, 3.63) is 10.1 Å². The third-order valence-corrected chi connectivity index (χ3v) is 5.56. The van der Waals surface area contributed by atoms with Gasteiger partial charge in [-0.25, -0.2) is 4.79 Å². The number of hydrogen-bond donors (Lipinski definition) is 0. The molecule has 8 heteroatoms. The van der Waals surface area contributed by atoms with E-state index in [0.717, 1.165) is 12.8 Å². The van der Waals surface area contributed by atoms with E-state index in [1.54, 1.807) is 0 Å². The molecule has 0 bridgehead atoms. The predicted octanol–water partition coefficient (Wildman–Crippen LogP) is 1.85. The molecule has 0 N–H and O–H groups in total. The van der Waals surface area contributed by atoms with Gasteiger partial charge in [0, 0.05) is 17.8 Å². The molecule has 3 fully saturated rings. The first-order valence-corrected chi connectivity index (χ1v) is 8.69. The Kier molecular flexibility index (Phi) is 4.82. The number of imide groups is 1. The van der Waals surface area contributed by atoms with Crippen molar-refractivity contribution >= 4 is 17.8 Å². The van der Waals surface area contributed by atoms with Gasteiger partial charge in [-0.3, -0.25) is 19.7 Å². The SMILES string of the molecule is O=C(CC1CCC([N+](=O)[O-])CC1)ON1C(=O)C2CCCCC2C1=O. The minimum atomic E-state index is -0.597. The molecule has 3 aliphatic rings. The first-order valence-electron chi connectivity index (χ1n) is 8.69. The van der Waals surface area contributed by atoms with Crippen molar-refractivity contribution in [2.24, 2.45) is 17.8 Å². The zero-order valence-electron chi connectivity index (χ0n) is 13.5. The van der Waals surface area contributed by atoms with Crippen LogP contribution in [0.3, 0.4) is 0 Å². The number of carbonyl (C=O) groups is 3. The first-order chi connectivity index (χ1) is 11.5. The Balaban J connectivity index is 1.51. The third-order valence-electron chi connectivity index (χ3n) is 5.56. The van der Waals surface area contributed by atoms with Gasteiger partial charge in [0.1, 0.15) is 0 Å². The Morgan fingerprint density at radius 3 is 2.08 bits per heavy atom. The van der Waals surface area contributed by atoms with E-state index in [-0.39, 0.29) is 29.1 Å². The summed E-state index contributed by atoms with van der Waals surface area (Å²) in [7, 11) is 0. The quantitative estimate of drug-likeness (QED) is 0.440. The van der Waals surface area contributed by atoms with Crippen LogP contribution in [0.25, 0.3) is 0 Å². The number of hydrogen-bond acceptors (Lipinski definition) is 6. The Morgan fingerprint density at radius 1 is 1.04 bits per heavy atom. The standard InChI is InChI=1S/C16H22N2O6/c19-14(9-10-5-7-11(8-6-10)18(22)23)24-17-15(20)12-3-1-2-4-13(12)16(17)21/h10-13H,1-9H2. The molecule has 0 radical (unpaired) electrons. The van der Waals surface area contributed by atoms with Crippen LogP contribution in [0, 0.1) is 27.9 Å². The zero-order valence-corrected chi connectivity index (χ0v) is 13.5. The van der Waals surface area contributed by atoms with Gasteiger partial charge >= 0.3 is 5.97 Å². The number of nitro groups is 1. The molecule has 2 saturated carbocycles. The van der Waals surface area contributed by atoms with Crippen molar-refractivity contribution in [3.63, 3.8) is 0 Å². The van der Waals surface area contributed by atoms with Crippen LogP contribution in [0.5, 0.6) is 0 Å². The van der Waals surface area contributed by atoms with Crippen molar-refractivity contribution in [2.75, 3.05) is 0 Å². The Hall–Kier alpha value is -1.99. The van der Waals surface area contributed by atoms with Gasteiger partial charge in [0.2, 0.25) is 6.04 Å². The lowest BCUT2D eigenvalue weighted by atomic mass is 9.81. The molecule has 132 valence electrons. The maximum atomic E-state index is 12.2. The van der Waals surface area contributed by atoms with E-state index in [4.69, 9.17) is 4.84 Å². The molecular weight excluding hydrogens is 316 g/mol. The Morgan fingerprint density at radius 2 is 1.58 bits per heavy atom. The van der Waals surface area contributed by atoms with Gasteiger partial charge in [0.15, 0.2) is 0 Å². The highest BCUT2D eigenvalue weighted by Gasteiger charge is 2.50.